The number of hydrogen-bond acceptors (Lipinski definition) is 5. The predicted molar refractivity (Wildman–Crippen MR) is 115 cm³/mol. The minimum absolute atomic E-state index is 0.00398. The van der Waals surface area contributed by atoms with Crippen LogP contribution in [0.4, 0.5) is 11.4 Å². The number of methoxy groups -OCH3 is 1. The van der Waals surface area contributed by atoms with Crippen molar-refractivity contribution < 1.29 is 19.1 Å². The van der Waals surface area contributed by atoms with Gasteiger partial charge in [-0.3, -0.25) is 9.59 Å². The second-order valence-electron chi connectivity index (χ2n) is 6.50. The Labute approximate surface area is 173 Å². The van der Waals surface area contributed by atoms with Crippen molar-refractivity contribution >= 4 is 34.5 Å². The average molecular weight is 410 g/mol. The Bertz CT molecular complexity index is 1000. The summed E-state index contributed by atoms with van der Waals surface area (Å²) < 4.78 is 11.0. The Morgan fingerprint density at radius 2 is 1.62 bits per heavy atom. The summed E-state index contributed by atoms with van der Waals surface area (Å²) in [7, 11) is 1.53. The fourth-order valence-electron chi connectivity index (χ4n) is 2.64. The van der Waals surface area contributed by atoms with Gasteiger partial charge in [-0.25, -0.2) is 0 Å². The van der Waals surface area contributed by atoms with Crippen molar-refractivity contribution in [1.82, 2.24) is 0 Å². The molecule has 0 aliphatic carbocycles. The molecule has 6 nitrogen and oxygen atoms in total. The van der Waals surface area contributed by atoms with Gasteiger partial charge in [0.25, 0.3) is 11.8 Å². The number of carbonyl (C=O) groups excluding carboxylic acids is 2. The molecule has 0 aliphatic heterocycles. The number of benzene rings is 2. The number of nitrogens with one attached hydrogen (secondary N) is 2. The van der Waals surface area contributed by atoms with Gasteiger partial charge in [0.1, 0.15) is 0 Å². The number of amides is 2. The molecule has 0 radical (unpaired) electrons. The van der Waals surface area contributed by atoms with Crippen LogP contribution in [0.2, 0.25) is 0 Å². The van der Waals surface area contributed by atoms with Gasteiger partial charge in [-0.05, 0) is 61.7 Å². The molecule has 0 unspecified atom stereocenters. The van der Waals surface area contributed by atoms with E-state index in [2.05, 4.69) is 10.6 Å². The van der Waals surface area contributed by atoms with Crippen LogP contribution in [-0.4, -0.2) is 25.0 Å². The summed E-state index contributed by atoms with van der Waals surface area (Å²) in [5.41, 5.74) is 1.60. The SMILES string of the molecule is COc1cc(C(=O)Nc2cccc(NC(=O)c3cccs3)c2)ccc1OC(C)C. The number of carbonyl (C=O) groups is 2. The maximum atomic E-state index is 12.6. The van der Waals surface area contributed by atoms with Crippen LogP contribution in [0, 0.1) is 0 Å². The van der Waals surface area contributed by atoms with E-state index < -0.39 is 0 Å². The third-order valence-electron chi connectivity index (χ3n) is 3.91. The Morgan fingerprint density at radius 3 is 2.24 bits per heavy atom. The number of anilines is 2. The highest BCUT2D eigenvalue weighted by molar-refractivity contribution is 7.12. The van der Waals surface area contributed by atoms with Crippen molar-refractivity contribution in [1.29, 1.82) is 0 Å². The molecule has 0 spiro atoms. The third kappa shape index (κ3) is 5.36. The molecule has 3 aromatic rings. The van der Waals surface area contributed by atoms with Gasteiger partial charge in [-0.1, -0.05) is 12.1 Å². The summed E-state index contributed by atoms with van der Waals surface area (Å²) in [6.07, 6.45) is -0.00398. The highest BCUT2D eigenvalue weighted by atomic mass is 32.1. The van der Waals surface area contributed by atoms with Gasteiger partial charge in [0.15, 0.2) is 11.5 Å². The van der Waals surface area contributed by atoms with E-state index in [0.29, 0.717) is 33.3 Å². The van der Waals surface area contributed by atoms with Gasteiger partial charge >= 0.3 is 0 Å². The second-order valence-corrected chi connectivity index (χ2v) is 7.45. The molecule has 2 N–H and O–H groups in total. The Balaban J connectivity index is 1.71. The molecule has 0 fully saturated rings. The molecule has 0 aliphatic rings. The summed E-state index contributed by atoms with van der Waals surface area (Å²) >= 11 is 1.37. The lowest BCUT2D eigenvalue weighted by Gasteiger charge is -2.14. The lowest BCUT2D eigenvalue weighted by atomic mass is 10.1. The largest absolute Gasteiger partial charge is 0.493 e. The molecule has 29 heavy (non-hydrogen) atoms. The van der Waals surface area contributed by atoms with Crippen LogP contribution in [-0.2, 0) is 0 Å². The molecule has 0 bridgehead atoms. The summed E-state index contributed by atoms with van der Waals surface area (Å²) in [6.45, 7) is 3.84. The van der Waals surface area contributed by atoms with Gasteiger partial charge < -0.3 is 20.1 Å². The van der Waals surface area contributed by atoms with Crippen LogP contribution >= 0.6 is 11.3 Å². The van der Waals surface area contributed by atoms with Gasteiger partial charge in [0.2, 0.25) is 0 Å². The summed E-state index contributed by atoms with van der Waals surface area (Å²) in [5, 5.41) is 7.50. The second kappa shape index (κ2) is 9.25. The van der Waals surface area contributed by atoms with Crippen LogP contribution in [0.5, 0.6) is 11.5 Å². The first-order valence-electron chi connectivity index (χ1n) is 9.07. The van der Waals surface area contributed by atoms with Gasteiger partial charge in [-0.2, -0.15) is 0 Å². The van der Waals surface area contributed by atoms with Crippen molar-refractivity contribution in [2.45, 2.75) is 20.0 Å². The highest BCUT2D eigenvalue weighted by Gasteiger charge is 2.13. The standard InChI is InChI=1S/C22H22N2O4S/c1-14(2)28-18-10-9-15(12-19(18)27-3)21(25)23-16-6-4-7-17(13-16)24-22(26)20-8-5-11-29-20/h4-14H,1-3H3,(H,23,25)(H,24,26). The minimum Gasteiger partial charge on any atom is -0.493 e. The summed E-state index contributed by atoms with van der Waals surface area (Å²) in [5.74, 6) is 0.593. The van der Waals surface area contributed by atoms with Crippen molar-refractivity contribution in [2.24, 2.45) is 0 Å². The van der Waals surface area contributed by atoms with E-state index in [-0.39, 0.29) is 17.9 Å². The topological polar surface area (TPSA) is 76.7 Å². The van der Waals surface area contributed by atoms with Gasteiger partial charge in [0, 0.05) is 16.9 Å². The Hall–Kier alpha value is -3.32. The lowest BCUT2D eigenvalue weighted by molar-refractivity contribution is 0.102. The van der Waals surface area contributed by atoms with E-state index in [0.717, 1.165) is 0 Å². The van der Waals surface area contributed by atoms with Crippen molar-refractivity contribution in [3.63, 3.8) is 0 Å². The maximum absolute atomic E-state index is 12.6. The van der Waals surface area contributed by atoms with Crippen LogP contribution in [0.15, 0.2) is 60.0 Å². The van der Waals surface area contributed by atoms with Crippen LogP contribution in [0.3, 0.4) is 0 Å². The molecule has 7 heteroatoms. The van der Waals surface area contributed by atoms with Crippen LogP contribution in [0.25, 0.3) is 0 Å². The molecule has 1 aromatic heterocycles. The first-order chi connectivity index (χ1) is 14.0. The smallest absolute Gasteiger partial charge is 0.265 e. The zero-order valence-corrected chi connectivity index (χ0v) is 17.2. The van der Waals surface area contributed by atoms with E-state index >= 15 is 0 Å². The molecule has 150 valence electrons. The number of thiophene rings is 1. The molecule has 0 atom stereocenters. The maximum Gasteiger partial charge on any atom is 0.265 e. The van der Waals surface area contributed by atoms with E-state index in [1.54, 1.807) is 48.5 Å². The Kier molecular flexibility index (Phi) is 6.51. The molecule has 0 saturated heterocycles. The quantitative estimate of drug-likeness (QED) is 0.572. The fraction of sp³-hybridized carbons (Fsp3) is 0.182. The predicted octanol–water partition coefficient (Wildman–Crippen LogP) is 5.05. The van der Waals surface area contributed by atoms with Crippen molar-refractivity contribution in [3.05, 3.63) is 70.4 Å². The van der Waals surface area contributed by atoms with E-state index in [1.807, 2.05) is 25.3 Å². The van der Waals surface area contributed by atoms with Crippen LogP contribution in [0.1, 0.15) is 33.9 Å². The zero-order valence-electron chi connectivity index (χ0n) is 16.4. The number of ether oxygens (including phenoxy) is 2. The summed E-state index contributed by atoms with van der Waals surface area (Å²) in [4.78, 5) is 25.5. The third-order valence-corrected chi connectivity index (χ3v) is 4.78. The van der Waals surface area contributed by atoms with Crippen molar-refractivity contribution in [2.75, 3.05) is 17.7 Å². The Morgan fingerprint density at radius 1 is 0.897 bits per heavy atom. The normalized spacial score (nSPS) is 10.5. The molecule has 3 rings (SSSR count). The molecular weight excluding hydrogens is 388 g/mol. The molecule has 0 saturated carbocycles. The molecule has 1 heterocycles. The lowest BCUT2D eigenvalue weighted by Crippen LogP contribution is -2.14. The highest BCUT2D eigenvalue weighted by Crippen LogP contribution is 2.29. The van der Waals surface area contributed by atoms with Crippen molar-refractivity contribution in [3.8, 4) is 11.5 Å². The first-order valence-corrected chi connectivity index (χ1v) is 9.95. The fourth-order valence-corrected chi connectivity index (χ4v) is 3.26. The van der Waals surface area contributed by atoms with E-state index in [4.69, 9.17) is 9.47 Å². The first kappa shape index (κ1) is 20.4. The van der Waals surface area contributed by atoms with Crippen LogP contribution < -0.4 is 20.1 Å². The van der Waals surface area contributed by atoms with Gasteiger partial charge in [-0.15, -0.1) is 11.3 Å². The molecular formula is C22H22N2O4S. The minimum atomic E-state index is -0.291. The van der Waals surface area contributed by atoms with E-state index in [1.165, 1.54) is 18.4 Å². The molecule has 2 aromatic carbocycles. The monoisotopic (exact) mass is 410 g/mol. The number of hydrogen-bond donors (Lipinski definition) is 2. The van der Waals surface area contributed by atoms with Gasteiger partial charge in [0.05, 0.1) is 18.1 Å². The van der Waals surface area contributed by atoms with E-state index in [9.17, 15) is 9.59 Å². The number of rotatable bonds is 7. The zero-order chi connectivity index (χ0) is 20.8. The molecule has 2 amide bonds. The average Bonchev–Trinajstić information content (AvgIpc) is 3.23. The summed E-state index contributed by atoms with van der Waals surface area (Å²) in [6, 6.07) is 15.6.